The maximum Gasteiger partial charge on any atom is 0.245 e. The van der Waals surface area contributed by atoms with Gasteiger partial charge >= 0.3 is 0 Å². The largest absolute Gasteiger partial charge is 0.376 e. The van der Waals surface area contributed by atoms with E-state index in [2.05, 4.69) is 5.73 Å². The first kappa shape index (κ1) is 8.64. The molecule has 2 amide bonds. The van der Waals surface area contributed by atoms with Crippen LogP contribution in [0.2, 0.25) is 0 Å². The molecule has 4 N–H and O–H groups in total. The van der Waals surface area contributed by atoms with E-state index in [0.717, 1.165) is 12.2 Å². The Hall–Kier alpha value is -1.36. The van der Waals surface area contributed by atoms with E-state index in [0.29, 0.717) is 0 Å². The van der Waals surface area contributed by atoms with Gasteiger partial charge in [0, 0.05) is 12.2 Å². The second kappa shape index (κ2) is 4.51. The number of nitrogens with one attached hydrogen (secondary N) is 1. The summed E-state index contributed by atoms with van der Waals surface area (Å²) in [7, 11) is 0. The fourth-order valence-corrected chi connectivity index (χ4v) is 0.295. The predicted octanol–water partition coefficient (Wildman–Crippen LogP) is -1.91. The van der Waals surface area contributed by atoms with Crippen LogP contribution < -0.4 is 11.1 Å². The number of carbonyl (C=O) groups is 2. The third-order valence-corrected chi connectivity index (χ3v) is 0.652. The predicted molar refractivity (Wildman–Crippen MR) is 33.6 cm³/mol. The minimum absolute atomic E-state index is 0.456. The number of primary amides is 1. The van der Waals surface area contributed by atoms with E-state index in [-0.39, 0.29) is 0 Å². The van der Waals surface area contributed by atoms with Crippen LogP contribution in [0.15, 0.2) is 12.2 Å². The highest BCUT2D eigenvalue weighted by atomic mass is 16.3. The summed E-state index contributed by atoms with van der Waals surface area (Å²) in [6, 6.07) is 0. The second-order valence-electron chi connectivity index (χ2n) is 1.43. The molecule has 0 fully saturated rings. The number of carbonyl (C=O) groups excluding carboxylic acids is 2. The quantitative estimate of drug-likeness (QED) is 0.319. The van der Waals surface area contributed by atoms with E-state index in [1.165, 1.54) is 0 Å². The summed E-state index contributed by atoms with van der Waals surface area (Å²) in [6.45, 7) is -0.456. The highest BCUT2D eigenvalue weighted by Gasteiger charge is 1.91. The van der Waals surface area contributed by atoms with Gasteiger partial charge in [-0.05, 0) is 0 Å². The van der Waals surface area contributed by atoms with E-state index in [4.69, 9.17) is 5.11 Å². The summed E-state index contributed by atoms with van der Waals surface area (Å²) in [4.78, 5) is 20.4. The lowest BCUT2D eigenvalue weighted by Crippen LogP contribution is -2.22. The lowest BCUT2D eigenvalue weighted by molar-refractivity contribution is -0.118. The Kier molecular flexibility index (Phi) is 3.90. The molecule has 5 nitrogen and oxygen atoms in total. The van der Waals surface area contributed by atoms with Gasteiger partial charge in [0.2, 0.25) is 11.8 Å². The highest BCUT2D eigenvalue weighted by molar-refractivity contribution is 5.95. The molecule has 0 spiro atoms. The standard InChI is InChI=1S/C5H8N2O3/c6-4(9)1-2-5(10)7-3-8/h1-2,8H,3H2,(H2,6,9)(H,7,10). The Bertz CT molecular complexity index is 164. The van der Waals surface area contributed by atoms with Gasteiger partial charge in [-0.25, -0.2) is 0 Å². The number of rotatable bonds is 3. The number of aliphatic hydroxyl groups is 1. The fourth-order valence-electron chi connectivity index (χ4n) is 0.295. The van der Waals surface area contributed by atoms with Gasteiger partial charge in [-0.3, -0.25) is 9.59 Å². The van der Waals surface area contributed by atoms with Crippen LogP contribution in [0.25, 0.3) is 0 Å². The molecule has 0 aliphatic carbocycles. The van der Waals surface area contributed by atoms with Crippen LogP contribution in [0, 0.1) is 0 Å². The molecule has 0 radical (unpaired) electrons. The summed E-state index contributed by atoms with van der Waals surface area (Å²) in [5.74, 6) is -1.26. The van der Waals surface area contributed by atoms with Crippen LogP contribution in [0.3, 0.4) is 0 Å². The molecular weight excluding hydrogens is 136 g/mol. The molecule has 0 bridgehead atoms. The van der Waals surface area contributed by atoms with Crippen molar-refractivity contribution in [1.29, 1.82) is 0 Å². The van der Waals surface area contributed by atoms with Gasteiger partial charge in [0.25, 0.3) is 0 Å². The Balaban J connectivity index is 3.67. The zero-order valence-electron chi connectivity index (χ0n) is 5.20. The molecular formula is C5H8N2O3. The third kappa shape index (κ3) is 4.79. The number of hydrogen-bond acceptors (Lipinski definition) is 3. The van der Waals surface area contributed by atoms with Gasteiger partial charge in [-0.15, -0.1) is 0 Å². The topological polar surface area (TPSA) is 92.4 Å². The maximum atomic E-state index is 10.4. The maximum absolute atomic E-state index is 10.4. The van der Waals surface area contributed by atoms with Crippen molar-refractivity contribution in [3.05, 3.63) is 12.2 Å². The van der Waals surface area contributed by atoms with Crippen molar-refractivity contribution in [3.8, 4) is 0 Å². The highest BCUT2D eigenvalue weighted by Crippen LogP contribution is 1.70. The fraction of sp³-hybridized carbons (Fsp3) is 0.200. The van der Waals surface area contributed by atoms with Crippen molar-refractivity contribution in [2.75, 3.05) is 6.73 Å². The summed E-state index contributed by atoms with van der Waals surface area (Å²) in [5, 5.41) is 10.1. The Morgan fingerprint density at radius 1 is 1.50 bits per heavy atom. The van der Waals surface area contributed by atoms with E-state index >= 15 is 0 Å². The first-order valence-corrected chi connectivity index (χ1v) is 2.53. The van der Waals surface area contributed by atoms with E-state index in [1.807, 2.05) is 5.32 Å². The number of aliphatic hydroxyl groups excluding tert-OH is 1. The monoisotopic (exact) mass is 144 g/mol. The van der Waals surface area contributed by atoms with Gasteiger partial charge in [0.15, 0.2) is 0 Å². The Morgan fingerprint density at radius 3 is 2.50 bits per heavy atom. The van der Waals surface area contributed by atoms with Crippen LogP contribution in [0.4, 0.5) is 0 Å². The van der Waals surface area contributed by atoms with Crippen LogP contribution in [-0.2, 0) is 9.59 Å². The molecule has 0 aliphatic heterocycles. The van der Waals surface area contributed by atoms with Crippen molar-refractivity contribution < 1.29 is 14.7 Å². The molecule has 0 unspecified atom stereocenters. The zero-order chi connectivity index (χ0) is 7.98. The first-order chi connectivity index (χ1) is 4.66. The normalized spacial score (nSPS) is 9.70. The number of hydrogen-bond donors (Lipinski definition) is 3. The van der Waals surface area contributed by atoms with Crippen molar-refractivity contribution in [1.82, 2.24) is 5.32 Å². The van der Waals surface area contributed by atoms with Gasteiger partial charge in [-0.1, -0.05) is 0 Å². The molecule has 5 heteroatoms. The van der Waals surface area contributed by atoms with E-state index in [9.17, 15) is 9.59 Å². The third-order valence-electron chi connectivity index (χ3n) is 0.652. The summed E-state index contributed by atoms with van der Waals surface area (Å²) >= 11 is 0. The van der Waals surface area contributed by atoms with Crippen LogP contribution in [0.1, 0.15) is 0 Å². The van der Waals surface area contributed by atoms with Gasteiger partial charge in [0.1, 0.15) is 6.73 Å². The molecule has 0 rings (SSSR count). The molecule has 0 aromatic carbocycles. The number of nitrogens with two attached hydrogens (primary N) is 1. The molecule has 0 saturated carbocycles. The van der Waals surface area contributed by atoms with Crippen LogP contribution in [-0.4, -0.2) is 23.7 Å². The van der Waals surface area contributed by atoms with Crippen molar-refractivity contribution in [3.63, 3.8) is 0 Å². The summed E-state index contributed by atoms with van der Waals surface area (Å²) in [5.41, 5.74) is 4.67. The van der Waals surface area contributed by atoms with Crippen molar-refractivity contribution in [2.24, 2.45) is 5.73 Å². The SMILES string of the molecule is NC(=O)C=CC(=O)NCO. The zero-order valence-corrected chi connectivity index (χ0v) is 5.20. The van der Waals surface area contributed by atoms with Crippen molar-refractivity contribution >= 4 is 11.8 Å². The van der Waals surface area contributed by atoms with Crippen LogP contribution in [0.5, 0.6) is 0 Å². The summed E-state index contributed by atoms with van der Waals surface area (Å²) in [6.07, 6.45) is 1.85. The molecule has 0 heterocycles. The Morgan fingerprint density at radius 2 is 2.10 bits per heavy atom. The molecule has 0 aromatic heterocycles. The summed E-state index contributed by atoms with van der Waals surface area (Å²) < 4.78 is 0. The van der Waals surface area contributed by atoms with Crippen LogP contribution >= 0.6 is 0 Å². The number of amides is 2. The molecule has 56 valence electrons. The average molecular weight is 144 g/mol. The lowest BCUT2D eigenvalue weighted by Gasteiger charge is -1.91. The smallest absolute Gasteiger partial charge is 0.245 e. The van der Waals surface area contributed by atoms with Gasteiger partial charge in [-0.2, -0.15) is 0 Å². The van der Waals surface area contributed by atoms with Crippen molar-refractivity contribution in [2.45, 2.75) is 0 Å². The molecule has 0 aromatic rings. The van der Waals surface area contributed by atoms with E-state index < -0.39 is 18.5 Å². The minimum atomic E-state index is -0.701. The average Bonchev–Trinajstić information content (AvgIpc) is 1.85. The lowest BCUT2D eigenvalue weighted by atomic mass is 10.4. The van der Waals surface area contributed by atoms with Gasteiger partial charge < -0.3 is 16.2 Å². The Labute approximate surface area is 57.5 Å². The van der Waals surface area contributed by atoms with Gasteiger partial charge in [0.05, 0.1) is 0 Å². The second-order valence-corrected chi connectivity index (χ2v) is 1.43. The minimum Gasteiger partial charge on any atom is -0.376 e. The van der Waals surface area contributed by atoms with E-state index in [1.54, 1.807) is 0 Å². The molecule has 0 atom stereocenters. The molecule has 0 saturated heterocycles. The molecule has 0 aliphatic rings. The first-order valence-electron chi connectivity index (χ1n) is 2.53. The molecule has 10 heavy (non-hydrogen) atoms.